The first-order valence-corrected chi connectivity index (χ1v) is 16.5. The number of aryl methyl sites for hydroxylation is 2. The molecule has 2 aromatic heterocycles. The largest absolute Gasteiger partial charge is 0.489 e. The lowest BCUT2D eigenvalue weighted by Crippen LogP contribution is -2.50. The van der Waals surface area contributed by atoms with E-state index in [0.29, 0.717) is 30.2 Å². The molecule has 0 unspecified atom stereocenters. The van der Waals surface area contributed by atoms with E-state index in [0.717, 1.165) is 59.9 Å². The Bertz CT molecular complexity index is 2100. The third-order valence-electron chi connectivity index (χ3n) is 8.42. The first-order valence-electron chi connectivity index (χ1n) is 15.3. The van der Waals surface area contributed by atoms with Crippen LogP contribution < -0.4 is 4.90 Å². The zero-order chi connectivity index (χ0) is 33.2. The molecule has 0 saturated carbocycles. The summed E-state index contributed by atoms with van der Waals surface area (Å²) in [6, 6.07) is 15.6. The smallest absolute Gasteiger partial charge is 0.337 e. The summed E-state index contributed by atoms with van der Waals surface area (Å²) in [6.45, 7) is 9.26. The second-order valence-corrected chi connectivity index (χ2v) is 14.3. The number of hydrogen-bond acceptors (Lipinski definition) is 8. The van der Waals surface area contributed by atoms with Crippen LogP contribution in [0.3, 0.4) is 0 Å². The van der Waals surface area contributed by atoms with Crippen molar-refractivity contribution in [2.75, 3.05) is 31.1 Å². The lowest BCUT2D eigenvalue weighted by atomic mass is 9.91. The van der Waals surface area contributed by atoms with Gasteiger partial charge in [-0.2, -0.15) is 5.10 Å². The molecule has 242 valence electrons. The molecule has 7 rings (SSSR count). The van der Waals surface area contributed by atoms with Crippen molar-refractivity contribution in [3.8, 4) is 21.7 Å². The number of piperazine rings is 1. The van der Waals surface area contributed by atoms with Crippen LogP contribution in [0.1, 0.15) is 38.0 Å². The Kier molecular flexibility index (Phi) is 7.73. The molecule has 1 fully saturated rings. The van der Waals surface area contributed by atoms with Crippen LogP contribution in [0, 0.1) is 6.92 Å². The summed E-state index contributed by atoms with van der Waals surface area (Å²) in [5.41, 5.74) is 5.78. The summed E-state index contributed by atoms with van der Waals surface area (Å²) < 4.78 is 14.3. The number of carboxylic acids is 1. The third-order valence-corrected chi connectivity index (χ3v) is 9.81. The maximum absolute atomic E-state index is 12.7. The highest BCUT2D eigenvalue weighted by Crippen LogP contribution is 2.45. The molecule has 2 aliphatic heterocycles. The molecule has 0 spiro atoms. The van der Waals surface area contributed by atoms with Crippen LogP contribution in [0.25, 0.3) is 42.8 Å². The zero-order valence-electron chi connectivity index (χ0n) is 26.7. The van der Waals surface area contributed by atoms with E-state index in [2.05, 4.69) is 11.0 Å². The summed E-state index contributed by atoms with van der Waals surface area (Å²) >= 11 is 7.78. The highest BCUT2D eigenvalue weighted by Gasteiger charge is 2.33. The van der Waals surface area contributed by atoms with E-state index >= 15 is 0 Å². The number of ether oxygens (including phenoxy) is 2. The number of benzene rings is 3. The summed E-state index contributed by atoms with van der Waals surface area (Å²) in [4.78, 5) is 34.1. The Labute approximate surface area is 280 Å². The molecule has 12 heteroatoms. The van der Waals surface area contributed by atoms with Crippen molar-refractivity contribution in [3.63, 3.8) is 0 Å². The average Bonchev–Trinajstić information content (AvgIpc) is 3.60. The summed E-state index contributed by atoms with van der Waals surface area (Å²) in [5, 5.41) is 17.6. The normalized spacial score (nSPS) is 16.0. The minimum Gasteiger partial charge on any atom is -0.489 e. The highest BCUT2D eigenvalue weighted by molar-refractivity contribution is 7.22. The van der Waals surface area contributed by atoms with Crippen molar-refractivity contribution >= 4 is 61.8 Å². The Morgan fingerprint density at radius 1 is 1.11 bits per heavy atom. The van der Waals surface area contributed by atoms with Crippen LogP contribution in [0.5, 0.6) is 0 Å². The van der Waals surface area contributed by atoms with Crippen LogP contribution in [0.15, 0.2) is 60.5 Å². The number of anilines is 1. The third kappa shape index (κ3) is 5.72. The lowest BCUT2D eigenvalue weighted by Gasteiger charge is -2.38. The molecule has 1 amide bonds. The highest BCUT2D eigenvalue weighted by atomic mass is 35.5. The topological polar surface area (TPSA) is 110 Å². The van der Waals surface area contributed by atoms with E-state index in [-0.39, 0.29) is 12.5 Å². The van der Waals surface area contributed by atoms with Crippen molar-refractivity contribution in [1.29, 1.82) is 0 Å². The zero-order valence-corrected chi connectivity index (χ0v) is 28.3. The second kappa shape index (κ2) is 11.7. The summed E-state index contributed by atoms with van der Waals surface area (Å²) in [7, 11) is 1.92. The average molecular weight is 672 g/mol. The van der Waals surface area contributed by atoms with Gasteiger partial charge in [-0.15, -0.1) is 11.3 Å². The van der Waals surface area contributed by atoms with Gasteiger partial charge in [-0.05, 0) is 75.2 Å². The van der Waals surface area contributed by atoms with Gasteiger partial charge in [0.1, 0.15) is 11.3 Å². The fourth-order valence-corrected chi connectivity index (χ4v) is 7.60. The van der Waals surface area contributed by atoms with E-state index in [9.17, 15) is 14.7 Å². The minimum absolute atomic E-state index is 0.0258. The maximum atomic E-state index is 12.7. The van der Waals surface area contributed by atoms with E-state index in [1.54, 1.807) is 23.3 Å². The number of aliphatic carboxylic acids is 1. The van der Waals surface area contributed by atoms with Crippen LogP contribution in [0.4, 0.5) is 5.82 Å². The van der Waals surface area contributed by atoms with Gasteiger partial charge in [0.15, 0.2) is 18.5 Å². The first kappa shape index (κ1) is 31.2. The fourth-order valence-electron chi connectivity index (χ4n) is 6.35. The molecule has 47 heavy (non-hydrogen) atoms. The summed E-state index contributed by atoms with van der Waals surface area (Å²) in [6.07, 6.45) is 0.478. The van der Waals surface area contributed by atoms with Gasteiger partial charge in [0.05, 0.1) is 33.6 Å². The number of halogens is 1. The fraction of sp³-hybridized carbons (Fsp3) is 0.314. The lowest BCUT2D eigenvalue weighted by molar-refractivity contribution is -0.160. The standard InChI is InChI=1S/C35H34ClN5O5S/c1-19-14-25-31(29(20-6-9-22(36)10-7-20)28(19)30(34(43)44)46-35(2,3)4)47-33(37-25)21-8-11-26-24(15-21)32(38-39(26)5)40-12-13-41-23(16-40)17-45-18-27(41)42/h6-11,14-15,17,30H,12-13,16,18H2,1-5H3,(H,43,44)/t30-/m0/s1. The molecular formula is C35H34ClN5O5S. The molecular weight excluding hydrogens is 638 g/mol. The number of amides is 1. The number of carbonyl (C=O) groups is 2. The van der Waals surface area contributed by atoms with Crippen LogP contribution in [-0.4, -0.2) is 68.5 Å². The Morgan fingerprint density at radius 3 is 2.57 bits per heavy atom. The maximum Gasteiger partial charge on any atom is 0.337 e. The van der Waals surface area contributed by atoms with E-state index in [1.165, 1.54) is 11.3 Å². The van der Waals surface area contributed by atoms with Crippen molar-refractivity contribution in [2.45, 2.75) is 39.4 Å². The molecule has 4 heterocycles. The SMILES string of the molecule is Cc1cc2nc(-c3ccc4c(c3)c(N3CCN5C(=O)COC=C5C3)nn4C)sc2c(-c2ccc(Cl)cc2)c1[C@H](OC(C)(C)C)C(=O)O. The molecule has 1 saturated heterocycles. The molecule has 2 aliphatic rings. The van der Waals surface area contributed by atoms with Gasteiger partial charge in [-0.25, -0.2) is 9.78 Å². The van der Waals surface area contributed by atoms with E-state index in [1.807, 2.05) is 69.8 Å². The van der Waals surface area contributed by atoms with Gasteiger partial charge in [-0.1, -0.05) is 23.7 Å². The molecule has 1 N–H and O–H groups in total. The first-order chi connectivity index (χ1) is 22.4. The van der Waals surface area contributed by atoms with Crippen LogP contribution >= 0.6 is 22.9 Å². The number of carbonyl (C=O) groups excluding carboxylic acids is 1. The second-order valence-electron chi connectivity index (χ2n) is 12.9. The van der Waals surface area contributed by atoms with Crippen LogP contribution in [0.2, 0.25) is 5.02 Å². The molecule has 0 bridgehead atoms. The number of rotatable bonds is 6. The number of carboxylic acid groups (broad SMARTS) is 1. The Hall–Kier alpha value is -4.45. The molecule has 10 nitrogen and oxygen atoms in total. The summed E-state index contributed by atoms with van der Waals surface area (Å²) in [5.74, 6) is -0.257. The van der Waals surface area contributed by atoms with Crippen molar-refractivity contribution in [3.05, 3.63) is 76.6 Å². The quantitative estimate of drug-likeness (QED) is 0.207. The van der Waals surface area contributed by atoms with Crippen molar-refractivity contribution in [2.24, 2.45) is 7.05 Å². The molecule has 1 atom stereocenters. The number of fused-ring (bicyclic) bond motifs is 3. The van der Waals surface area contributed by atoms with Gasteiger partial charge >= 0.3 is 5.97 Å². The number of hydrogen-bond donors (Lipinski definition) is 1. The minimum atomic E-state index is -1.19. The van der Waals surface area contributed by atoms with Gasteiger partial charge in [-0.3, -0.25) is 9.48 Å². The Balaban J connectivity index is 1.36. The van der Waals surface area contributed by atoms with Gasteiger partial charge in [0.2, 0.25) is 0 Å². The number of nitrogens with zero attached hydrogens (tertiary/aromatic N) is 5. The van der Waals surface area contributed by atoms with Gasteiger partial charge in [0.25, 0.3) is 5.91 Å². The van der Waals surface area contributed by atoms with Gasteiger partial charge in [0, 0.05) is 47.2 Å². The number of aromatic nitrogens is 3. The number of thiazole rings is 1. The predicted octanol–water partition coefficient (Wildman–Crippen LogP) is 6.94. The monoisotopic (exact) mass is 671 g/mol. The van der Waals surface area contributed by atoms with Crippen molar-refractivity contribution in [1.82, 2.24) is 19.7 Å². The van der Waals surface area contributed by atoms with E-state index < -0.39 is 17.7 Å². The van der Waals surface area contributed by atoms with E-state index in [4.69, 9.17) is 31.2 Å². The molecule has 0 aliphatic carbocycles. The Morgan fingerprint density at radius 2 is 1.85 bits per heavy atom. The van der Waals surface area contributed by atoms with Crippen LogP contribution in [-0.2, 0) is 26.1 Å². The van der Waals surface area contributed by atoms with Gasteiger partial charge < -0.3 is 24.4 Å². The molecule has 5 aromatic rings. The predicted molar refractivity (Wildman–Crippen MR) is 184 cm³/mol. The van der Waals surface area contributed by atoms with Crippen molar-refractivity contribution < 1.29 is 24.2 Å². The molecule has 3 aromatic carbocycles. The molecule has 0 radical (unpaired) electrons.